The highest BCUT2D eigenvalue weighted by molar-refractivity contribution is 5.92. The molecule has 0 spiro atoms. The van der Waals surface area contributed by atoms with Gasteiger partial charge in [0.25, 0.3) is 0 Å². The molecule has 2 saturated heterocycles. The first-order valence-corrected chi connectivity index (χ1v) is 10.2. The molecule has 1 N–H and O–H groups in total. The molecular formula is C21H32N4O2. The lowest BCUT2D eigenvalue weighted by Gasteiger charge is -2.35. The zero-order valence-corrected chi connectivity index (χ0v) is 16.6. The molecule has 1 aromatic rings. The molecule has 3 rings (SSSR count). The minimum absolute atomic E-state index is 0.00404. The summed E-state index contributed by atoms with van der Waals surface area (Å²) in [6, 6.07) is 8.16. The Morgan fingerprint density at radius 3 is 2.15 bits per heavy atom. The third-order valence-corrected chi connectivity index (χ3v) is 5.42. The Balaban J connectivity index is 1.43. The van der Waals surface area contributed by atoms with Gasteiger partial charge in [0.1, 0.15) is 0 Å². The van der Waals surface area contributed by atoms with Crippen LogP contribution in [0.5, 0.6) is 0 Å². The van der Waals surface area contributed by atoms with E-state index in [1.807, 2.05) is 30.9 Å². The van der Waals surface area contributed by atoms with E-state index in [0.717, 1.165) is 31.9 Å². The van der Waals surface area contributed by atoms with Crippen LogP contribution in [-0.2, 0) is 9.59 Å². The third-order valence-electron chi connectivity index (χ3n) is 5.42. The summed E-state index contributed by atoms with van der Waals surface area (Å²) >= 11 is 0. The molecular weight excluding hydrogens is 340 g/mol. The van der Waals surface area contributed by atoms with E-state index >= 15 is 0 Å². The maximum atomic E-state index is 12.3. The Kier molecular flexibility index (Phi) is 6.72. The molecule has 0 aliphatic carbocycles. The monoisotopic (exact) mass is 372 g/mol. The number of benzene rings is 1. The van der Waals surface area contributed by atoms with E-state index in [1.54, 1.807) is 0 Å². The highest BCUT2D eigenvalue weighted by Crippen LogP contribution is 2.21. The van der Waals surface area contributed by atoms with Crippen LogP contribution >= 0.6 is 0 Å². The number of hydrogen-bond acceptors (Lipinski definition) is 4. The van der Waals surface area contributed by atoms with Gasteiger partial charge < -0.3 is 15.1 Å². The van der Waals surface area contributed by atoms with Gasteiger partial charge in [-0.1, -0.05) is 13.8 Å². The Morgan fingerprint density at radius 1 is 0.926 bits per heavy atom. The van der Waals surface area contributed by atoms with Crippen molar-refractivity contribution in [2.45, 2.75) is 33.1 Å². The summed E-state index contributed by atoms with van der Waals surface area (Å²) in [5, 5.41) is 2.99. The number of anilines is 2. The maximum Gasteiger partial charge on any atom is 0.238 e. The van der Waals surface area contributed by atoms with Crippen LogP contribution in [0, 0.1) is 5.92 Å². The standard InChI is InChI=1S/C21H32N4O2/c1-17(2)21(27)25-14-12-23(13-15-25)16-20(26)22-18-6-8-19(9-7-18)24-10-4-3-5-11-24/h6-9,17H,3-5,10-16H2,1-2H3,(H,22,26). The molecule has 6 nitrogen and oxygen atoms in total. The lowest BCUT2D eigenvalue weighted by atomic mass is 10.1. The molecule has 0 saturated carbocycles. The molecule has 0 aromatic heterocycles. The highest BCUT2D eigenvalue weighted by atomic mass is 16.2. The van der Waals surface area contributed by atoms with Crippen LogP contribution < -0.4 is 10.2 Å². The normalized spacial score (nSPS) is 18.6. The fourth-order valence-corrected chi connectivity index (χ4v) is 3.80. The Labute approximate surface area is 162 Å². The van der Waals surface area contributed by atoms with Gasteiger partial charge in [0.15, 0.2) is 0 Å². The summed E-state index contributed by atoms with van der Waals surface area (Å²) in [5.41, 5.74) is 2.08. The van der Waals surface area contributed by atoms with E-state index in [9.17, 15) is 9.59 Å². The first kappa shape index (κ1) is 19.7. The first-order valence-electron chi connectivity index (χ1n) is 10.2. The smallest absolute Gasteiger partial charge is 0.238 e. The molecule has 2 heterocycles. The van der Waals surface area contributed by atoms with Crippen molar-refractivity contribution in [3.63, 3.8) is 0 Å². The summed E-state index contributed by atoms with van der Waals surface area (Å²) in [5.74, 6) is 0.241. The van der Waals surface area contributed by atoms with Gasteiger partial charge in [-0.15, -0.1) is 0 Å². The van der Waals surface area contributed by atoms with Crippen LogP contribution in [-0.4, -0.2) is 67.4 Å². The number of carbonyl (C=O) groups excluding carboxylic acids is 2. The molecule has 27 heavy (non-hydrogen) atoms. The fourth-order valence-electron chi connectivity index (χ4n) is 3.80. The van der Waals surface area contributed by atoms with Crippen LogP contribution in [0.2, 0.25) is 0 Å². The number of rotatable bonds is 5. The first-order chi connectivity index (χ1) is 13.0. The minimum atomic E-state index is 0.00404. The second-order valence-corrected chi connectivity index (χ2v) is 7.90. The maximum absolute atomic E-state index is 12.3. The number of nitrogens with one attached hydrogen (secondary N) is 1. The van der Waals surface area contributed by atoms with Crippen molar-refractivity contribution in [3.8, 4) is 0 Å². The molecule has 2 fully saturated rings. The lowest BCUT2D eigenvalue weighted by Crippen LogP contribution is -2.51. The largest absolute Gasteiger partial charge is 0.372 e. The van der Waals surface area contributed by atoms with Crippen LogP contribution in [0.1, 0.15) is 33.1 Å². The minimum Gasteiger partial charge on any atom is -0.372 e. The van der Waals surface area contributed by atoms with E-state index in [4.69, 9.17) is 0 Å². The van der Waals surface area contributed by atoms with E-state index in [-0.39, 0.29) is 17.7 Å². The molecule has 0 unspecified atom stereocenters. The van der Waals surface area contributed by atoms with Crippen molar-refractivity contribution in [1.82, 2.24) is 9.80 Å². The zero-order valence-electron chi connectivity index (χ0n) is 16.6. The zero-order chi connectivity index (χ0) is 19.2. The van der Waals surface area contributed by atoms with E-state index in [1.165, 1.54) is 24.9 Å². The van der Waals surface area contributed by atoms with Crippen molar-refractivity contribution >= 4 is 23.2 Å². The predicted octanol–water partition coefficient (Wildman–Crippen LogP) is 2.42. The van der Waals surface area contributed by atoms with Crippen molar-refractivity contribution in [3.05, 3.63) is 24.3 Å². The number of carbonyl (C=O) groups is 2. The summed E-state index contributed by atoms with van der Waals surface area (Å²) in [6.07, 6.45) is 3.84. The second-order valence-electron chi connectivity index (χ2n) is 7.90. The van der Waals surface area contributed by atoms with Crippen LogP contribution in [0.15, 0.2) is 24.3 Å². The average molecular weight is 373 g/mol. The van der Waals surface area contributed by atoms with Gasteiger partial charge in [0.2, 0.25) is 11.8 Å². The average Bonchev–Trinajstić information content (AvgIpc) is 2.69. The van der Waals surface area contributed by atoms with Crippen molar-refractivity contribution in [1.29, 1.82) is 0 Å². The van der Waals surface area contributed by atoms with E-state index in [2.05, 4.69) is 27.2 Å². The molecule has 6 heteroatoms. The Hall–Kier alpha value is -2.08. The summed E-state index contributed by atoms with van der Waals surface area (Å²) < 4.78 is 0. The van der Waals surface area contributed by atoms with Crippen molar-refractivity contribution in [2.24, 2.45) is 5.92 Å². The quantitative estimate of drug-likeness (QED) is 0.862. The van der Waals surface area contributed by atoms with Crippen LogP contribution in [0.3, 0.4) is 0 Å². The molecule has 2 amide bonds. The molecule has 2 aliphatic heterocycles. The van der Waals surface area contributed by atoms with Gasteiger partial charge in [0, 0.05) is 56.6 Å². The van der Waals surface area contributed by atoms with Gasteiger partial charge in [-0.05, 0) is 43.5 Å². The summed E-state index contributed by atoms with van der Waals surface area (Å²) in [6.45, 7) is 9.38. The van der Waals surface area contributed by atoms with Crippen LogP contribution in [0.4, 0.5) is 11.4 Å². The summed E-state index contributed by atoms with van der Waals surface area (Å²) in [7, 11) is 0. The molecule has 0 atom stereocenters. The Morgan fingerprint density at radius 2 is 1.56 bits per heavy atom. The van der Waals surface area contributed by atoms with Crippen molar-refractivity contribution < 1.29 is 9.59 Å². The van der Waals surface area contributed by atoms with Crippen LogP contribution in [0.25, 0.3) is 0 Å². The Bertz CT molecular complexity index is 630. The SMILES string of the molecule is CC(C)C(=O)N1CCN(CC(=O)Nc2ccc(N3CCCCC3)cc2)CC1. The third kappa shape index (κ3) is 5.45. The molecule has 0 bridgehead atoms. The van der Waals surface area contributed by atoms with Gasteiger partial charge in [-0.2, -0.15) is 0 Å². The molecule has 1 aromatic carbocycles. The lowest BCUT2D eigenvalue weighted by molar-refractivity contribution is -0.136. The van der Waals surface area contributed by atoms with E-state index in [0.29, 0.717) is 19.6 Å². The highest BCUT2D eigenvalue weighted by Gasteiger charge is 2.23. The molecule has 0 radical (unpaired) electrons. The van der Waals surface area contributed by atoms with Gasteiger partial charge in [-0.3, -0.25) is 14.5 Å². The van der Waals surface area contributed by atoms with Gasteiger partial charge in [-0.25, -0.2) is 0 Å². The number of nitrogens with zero attached hydrogens (tertiary/aromatic N) is 3. The fraction of sp³-hybridized carbons (Fsp3) is 0.619. The van der Waals surface area contributed by atoms with E-state index < -0.39 is 0 Å². The van der Waals surface area contributed by atoms with Gasteiger partial charge >= 0.3 is 0 Å². The molecule has 148 valence electrons. The second kappa shape index (κ2) is 9.22. The topological polar surface area (TPSA) is 55.9 Å². The summed E-state index contributed by atoms with van der Waals surface area (Å²) in [4.78, 5) is 30.8. The molecule has 2 aliphatic rings. The number of amides is 2. The number of piperidine rings is 1. The van der Waals surface area contributed by atoms with Gasteiger partial charge in [0.05, 0.1) is 6.54 Å². The van der Waals surface area contributed by atoms with Crippen molar-refractivity contribution in [2.75, 3.05) is 56.0 Å². The number of hydrogen-bond donors (Lipinski definition) is 1. The predicted molar refractivity (Wildman–Crippen MR) is 109 cm³/mol. The number of piperazine rings is 1.